The zero-order chi connectivity index (χ0) is 73.2. The Kier molecular flexibility index (Phi) is 58.5. The first-order valence-electron chi connectivity index (χ1n) is 42.1. The number of unbranched alkanes of at least 4 members (excludes halogenated alkanes) is 50. The van der Waals surface area contributed by atoms with Crippen LogP contribution in [-0.4, -0.2) is 193 Å². The minimum absolute atomic E-state index is 0.249. The average Bonchev–Trinajstić information content (AvgIpc) is 0.789. The van der Waals surface area contributed by atoms with Gasteiger partial charge in [0.2, 0.25) is 5.91 Å². The van der Waals surface area contributed by atoms with Gasteiger partial charge in [-0.05, 0) is 44.9 Å². The molecule has 0 spiro atoms. The maximum absolute atomic E-state index is 13.5. The van der Waals surface area contributed by atoms with Crippen molar-refractivity contribution in [2.24, 2.45) is 0 Å². The lowest BCUT2D eigenvalue weighted by molar-refractivity contribution is -0.379. The molecule has 3 rings (SSSR count). The molecule has 3 aliphatic rings. The number of aliphatic hydroxyl groups excluding tert-OH is 11. The molecule has 3 fully saturated rings. The first kappa shape index (κ1) is 93.5. The summed E-state index contributed by atoms with van der Waals surface area (Å²) in [6, 6.07) is -0.971. The first-order valence-corrected chi connectivity index (χ1v) is 42.1. The molecule has 596 valence electrons. The van der Waals surface area contributed by atoms with Crippen LogP contribution in [0.25, 0.3) is 0 Å². The highest BCUT2D eigenvalue weighted by atomic mass is 16.8. The first-order chi connectivity index (χ1) is 49.3. The summed E-state index contributed by atoms with van der Waals surface area (Å²) in [5, 5.41) is 121. The molecule has 1 amide bonds. The van der Waals surface area contributed by atoms with Gasteiger partial charge < -0.3 is 89.9 Å². The Morgan fingerprint density at radius 2 is 0.624 bits per heavy atom. The van der Waals surface area contributed by atoms with E-state index in [2.05, 4.69) is 31.3 Å². The van der Waals surface area contributed by atoms with Crippen LogP contribution < -0.4 is 5.32 Å². The van der Waals surface area contributed by atoms with E-state index in [1.165, 1.54) is 289 Å². The lowest BCUT2D eigenvalue weighted by Crippen LogP contribution is -2.66. The number of nitrogens with one attached hydrogen (secondary N) is 1. The monoisotopic (exact) mass is 1440 g/mol. The van der Waals surface area contributed by atoms with Crippen molar-refractivity contribution in [1.82, 2.24) is 5.32 Å². The van der Waals surface area contributed by atoms with Gasteiger partial charge in [0, 0.05) is 6.42 Å². The van der Waals surface area contributed by atoms with Gasteiger partial charge in [0.15, 0.2) is 18.9 Å². The lowest BCUT2D eigenvalue weighted by atomic mass is 9.96. The topological polar surface area (TPSA) is 307 Å². The molecule has 19 heteroatoms. The molecule has 0 aromatic heterocycles. The Bertz CT molecular complexity index is 1920. The maximum atomic E-state index is 13.5. The molecular weight excluding hydrogens is 1290 g/mol. The number of carbonyl (C=O) groups is 1. The van der Waals surface area contributed by atoms with Crippen molar-refractivity contribution in [1.29, 1.82) is 0 Å². The van der Waals surface area contributed by atoms with Gasteiger partial charge in [0.1, 0.15) is 73.2 Å². The molecule has 101 heavy (non-hydrogen) atoms. The minimum atomic E-state index is -1.98. The number of carbonyl (C=O) groups excluding carboxylic acids is 1. The van der Waals surface area contributed by atoms with Crippen molar-refractivity contribution >= 4 is 5.91 Å². The summed E-state index contributed by atoms with van der Waals surface area (Å²) < 4.78 is 34.5. The second kappa shape index (κ2) is 63.2. The minimum Gasteiger partial charge on any atom is -0.394 e. The molecule has 17 unspecified atom stereocenters. The zero-order valence-electron chi connectivity index (χ0n) is 63.9. The highest BCUT2D eigenvalue weighted by molar-refractivity contribution is 5.76. The molecule has 0 bridgehead atoms. The largest absolute Gasteiger partial charge is 0.394 e. The van der Waals surface area contributed by atoms with Gasteiger partial charge >= 0.3 is 0 Å². The summed E-state index contributed by atoms with van der Waals surface area (Å²) in [5.41, 5.74) is 0. The van der Waals surface area contributed by atoms with Gasteiger partial charge in [-0.1, -0.05) is 334 Å². The van der Waals surface area contributed by atoms with E-state index >= 15 is 0 Å². The van der Waals surface area contributed by atoms with Crippen LogP contribution >= 0.6 is 0 Å². The Balaban J connectivity index is 1.31. The van der Waals surface area contributed by atoms with E-state index in [4.69, 9.17) is 28.4 Å². The van der Waals surface area contributed by atoms with Crippen molar-refractivity contribution in [3.8, 4) is 0 Å². The number of aliphatic hydroxyl groups is 11. The standard InChI is InChI=1S/C82H155NO18/c1-3-5-7-9-11-13-15-17-19-21-23-24-25-26-27-28-29-30-31-32-33-34-35-36-37-38-39-40-42-44-46-48-50-52-54-56-58-60-70(88)83-65(66(87)59-57-55-53-51-49-47-45-43-41-22-20-18-16-14-12-10-8-6-4-2)64-96-80-76(94)73(91)78(68(62-85)98-80)101-82-77(95)74(92)79(69(63-86)99-82)100-81-75(93)72(90)71(89)67(61-84)97-81/h21,23,57,59,65-69,71-82,84-87,89-95H,3-20,22,24-56,58,60-64H2,1-2H3,(H,83,88)/b23-21-,59-57+. The van der Waals surface area contributed by atoms with E-state index in [-0.39, 0.29) is 18.9 Å². The third kappa shape index (κ3) is 43.2. The predicted molar refractivity (Wildman–Crippen MR) is 402 cm³/mol. The summed E-state index contributed by atoms with van der Waals surface area (Å²) in [7, 11) is 0. The van der Waals surface area contributed by atoms with Crippen LogP contribution in [0.4, 0.5) is 0 Å². The molecule has 19 nitrogen and oxygen atoms in total. The van der Waals surface area contributed by atoms with Crippen molar-refractivity contribution in [3.63, 3.8) is 0 Å². The fraction of sp³-hybridized carbons (Fsp3) is 0.939. The predicted octanol–water partition coefficient (Wildman–Crippen LogP) is 14.5. The van der Waals surface area contributed by atoms with Crippen LogP contribution in [0, 0.1) is 0 Å². The van der Waals surface area contributed by atoms with Crippen LogP contribution in [0.3, 0.4) is 0 Å². The fourth-order valence-electron chi connectivity index (χ4n) is 14.5. The second-order valence-electron chi connectivity index (χ2n) is 30.3. The van der Waals surface area contributed by atoms with Gasteiger partial charge in [0.25, 0.3) is 0 Å². The molecule has 12 N–H and O–H groups in total. The molecule has 0 aromatic carbocycles. The van der Waals surface area contributed by atoms with Gasteiger partial charge in [-0.25, -0.2) is 0 Å². The Morgan fingerprint density at radius 1 is 0.347 bits per heavy atom. The molecule has 0 aliphatic carbocycles. The zero-order valence-corrected chi connectivity index (χ0v) is 63.9. The third-order valence-corrected chi connectivity index (χ3v) is 21.2. The number of hydrogen-bond donors (Lipinski definition) is 12. The van der Waals surface area contributed by atoms with Crippen LogP contribution in [0.5, 0.6) is 0 Å². The lowest BCUT2D eigenvalue weighted by Gasteiger charge is -2.48. The van der Waals surface area contributed by atoms with E-state index < -0.39 is 124 Å². The molecular formula is C82H155NO18. The molecule has 17 atom stereocenters. The number of allylic oxidation sites excluding steroid dienone is 3. The van der Waals surface area contributed by atoms with Gasteiger partial charge in [-0.3, -0.25) is 4.79 Å². The third-order valence-electron chi connectivity index (χ3n) is 21.2. The Hall–Kier alpha value is -1.73. The van der Waals surface area contributed by atoms with E-state index in [1.807, 2.05) is 6.08 Å². The number of ether oxygens (including phenoxy) is 6. The average molecular weight is 1440 g/mol. The highest BCUT2D eigenvalue weighted by Crippen LogP contribution is 2.33. The van der Waals surface area contributed by atoms with E-state index in [0.29, 0.717) is 6.42 Å². The molecule has 0 saturated carbocycles. The number of rotatable bonds is 68. The van der Waals surface area contributed by atoms with Crippen LogP contribution in [-0.2, 0) is 33.2 Å². The molecule has 0 radical (unpaired) electrons. The van der Waals surface area contributed by atoms with E-state index in [1.54, 1.807) is 6.08 Å². The van der Waals surface area contributed by atoms with Gasteiger partial charge in [-0.15, -0.1) is 0 Å². The molecule has 3 heterocycles. The Labute approximate surface area is 613 Å². The Morgan fingerprint density at radius 3 is 0.960 bits per heavy atom. The molecule has 3 aliphatic heterocycles. The van der Waals surface area contributed by atoms with Crippen molar-refractivity contribution < 1.29 is 89.4 Å². The van der Waals surface area contributed by atoms with Gasteiger partial charge in [-0.2, -0.15) is 0 Å². The van der Waals surface area contributed by atoms with E-state index in [9.17, 15) is 61.0 Å². The molecule has 0 aromatic rings. The number of hydrogen-bond acceptors (Lipinski definition) is 18. The smallest absolute Gasteiger partial charge is 0.220 e. The van der Waals surface area contributed by atoms with Crippen LogP contribution in [0.15, 0.2) is 24.3 Å². The summed E-state index contributed by atoms with van der Waals surface area (Å²) in [6.45, 7) is 1.79. The summed E-state index contributed by atoms with van der Waals surface area (Å²) in [6.07, 6.45) is 50.5. The summed E-state index contributed by atoms with van der Waals surface area (Å²) >= 11 is 0. The van der Waals surface area contributed by atoms with Crippen LogP contribution in [0.1, 0.15) is 361 Å². The normalized spacial score (nSPS) is 26.4. The quantitative estimate of drug-likeness (QED) is 0.0199. The summed E-state index contributed by atoms with van der Waals surface area (Å²) in [5.74, 6) is -0.267. The van der Waals surface area contributed by atoms with E-state index in [0.717, 1.165) is 44.9 Å². The number of amides is 1. The summed E-state index contributed by atoms with van der Waals surface area (Å²) in [4.78, 5) is 13.5. The molecule has 3 saturated heterocycles. The second-order valence-corrected chi connectivity index (χ2v) is 30.3. The van der Waals surface area contributed by atoms with Crippen molar-refractivity contribution in [2.45, 2.75) is 465 Å². The highest BCUT2D eigenvalue weighted by Gasteiger charge is 2.54. The SMILES string of the molecule is CCCCCCCCCC/C=C\CCCCCCCCCCCCCCCCCCCCCCCCCCCC(=O)NC(COC1OC(CO)C(OC2OC(CO)C(OC3OC(CO)C(O)C(O)C3O)C(O)C2O)C(O)C1O)C(O)/C=C/CCCCCCCCCCCCCCCCCCC. The van der Waals surface area contributed by atoms with Gasteiger partial charge in [0.05, 0.1) is 38.6 Å². The maximum Gasteiger partial charge on any atom is 0.220 e. The van der Waals surface area contributed by atoms with Crippen LogP contribution in [0.2, 0.25) is 0 Å². The van der Waals surface area contributed by atoms with Crippen molar-refractivity contribution in [2.75, 3.05) is 26.4 Å². The fourth-order valence-corrected chi connectivity index (χ4v) is 14.5. The van der Waals surface area contributed by atoms with Crippen molar-refractivity contribution in [3.05, 3.63) is 24.3 Å².